The van der Waals surface area contributed by atoms with E-state index in [2.05, 4.69) is 0 Å². The van der Waals surface area contributed by atoms with Gasteiger partial charge in [0.25, 0.3) is 0 Å². The van der Waals surface area contributed by atoms with Crippen molar-refractivity contribution in [3.05, 3.63) is 24.0 Å². The Bertz CT molecular complexity index is 456. The summed E-state index contributed by atoms with van der Waals surface area (Å²) in [4.78, 5) is -0.433. The lowest BCUT2D eigenvalue weighted by Crippen LogP contribution is -2.18. The summed E-state index contributed by atoms with van der Waals surface area (Å²) < 4.78 is 36.3. The molecule has 1 atom stereocenters. The van der Waals surface area contributed by atoms with E-state index in [0.717, 1.165) is 12.1 Å². The first-order chi connectivity index (χ1) is 6.83. The number of hydrogen-bond acceptors (Lipinski definition) is 4. The van der Waals surface area contributed by atoms with Crippen LogP contribution in [0.5, 0.6) is 0 Å². The van der Waals surface area contributed by atoms with E-state index in [1.54, 1.807) is 0 Å². The van der Waals surface area contributed by atoms with Gasteiger partial charge in [-0.2, -0.15) is 0 Å². The number of benzene rings is 1. The van der Waals surface area contributed by atoms with E-state index in [1.807, 2.05) is 0 Å². The van der Waals surface area contributed by atoms with Crippen LogP contribution in [0.2, 0.25) is 0 Å². The number of rotatable bonds is 3. The molecule has 1 aromatic rings. The highest BCUT2D eigenvalue weighted by molar-refractivity contribution is 7.91. The van der Waals surface area contributed by atoms with Crippen LogP contribution in [0.3, 0.4) is 0 Å². The largest absolute Gasteiger partial charge is 0.399 e. The molecule has 15 heavy (non-hydrogen) atoms. The first-order valence-corrected chi connectivity index (χ1v) is 5.94. The Balaban J connectivity index is 3.16. The molecule has 0 heterocycles. The minimum absolute atomic E-state index is 0.156. The zero-order chi connectivity index (χ0) is 11.6. The van der Waals surface area contributed by atoms with Crippen LogP contribution >= 0.6 is 0 Å². The van der Waals surface area contributed by atoms with Crippen LogP contribution in [-0.4, -0.2) is 25.4 Å². The summed E-state index contributed by atoms with van der Waals surface area (Å²) in [5.41, 5.74) is 5.44. The molecule has 4 nitrogen and oxygen atoms in total. The average molecular weight is 233 g/mol. The average Bonchev–Trinajstić information content (AvgIpc) is 1.99. The van der Waals surface area contributed by atoms with Crippen molar-refractivity contribution in [3.63, 3.8) is 0 Å². The second-order valence-corrected chi connectivity index (χ2v) is 5.32. The van der Waals surface area contributed by atoms with Gasteiger partial charge in [0.1, 0.15) is 10.7 Å². The second kappa shape index (κ2) is 4.16. The maximum Gasteiger partial charge on any atom is 0.183 e. The predicted octanol–water partition coefficient (Wildman–Crippen LogP) is 0.562. The van der Waals surface area contributed by atoms with E-state index in [4.69, 9.17) is 10.8 Å². The number of halogens is 1. The lowest BCUT2D eigenvalue weighted by molar-refractivity contribution is 0.218. The molecule has 3 N–H and O–H groups in total. The van der Waals surface area contributed by atoms with E-state index in [9.17, 15) is 12.8 Å². The van der Waals surface area contributed by atoms with Crippen molar-refractivity contribution in [2.24, 2.45) is 0 Å². The van der Waals surface area contributed by atoms with Crippen LogP contribution in [0.4, 0.5) is 10.1 Å². The summed E-state index contributed by atoms with van der Waals surface area (Å²) in [6.07, 6.45) is -1.04. The van der Waals surface area contributed by atoms with Gasteiger partial charge in [0.05, 0.1) is 11.9 Å². The summed E-state index contributed by atoms with van der Waals surface area (Å²) in [6, 6.07) is 3.34. The van der Waals surface area contributed by atoms with Crippen molar-refractivity contribution in [1.82, 2.24) is 0 Å². The Kier molecular flexibility index (Phi) is 3.31. The number of sulfone groups is 1. The Morgan fingerprint density at radius 3 is 2.60 bits per heavy atom. The van der Waals surface area contributed by atoms with Gasteiger partial charge in [0.15, 0.2) is 9.84 Å². The highest BCUT2D eigenvalue weighted by Gasteiger charge is 2.21. The molecule has 0 saturated heterocycles. The molecule has 1 unspecified atom stereocenters. The molecule has 1 aromatic carbocycles. The molecule has 0 saturated carbocycles. The summed E-state index contributed by atoms with van der Waals surface area (Å²) in [5.74, 6) is -1.40. The smallest absolute Gasteiger partial charge is 0.183 e. The van der Waals surface area contributed by atoms with Gasteiger partial charge in [-0.1, -0.05) is 0 Å². The third-order valence-corrected chi connectivity index (χ3v) is 3.67. The van der Waals surface area contributed by atoms with Gasteiger partial charge in [-0.3, -0.25) is 0 Å². The summed E-state index contributed by atoms with van der Waals surface area (Å²) in [7, 11) is -3.79. The molecule has 0 aromatic heterocycles. The Morgan fingerprint density at radius 2 is 2.13 bits per heavy atom. The van der Waals surface area contributed by atoms with Crippen molar-refractivity contribution in [3.8, 4) is 0 Å². The van der Waals surface area contributed by atoms with E-state index in [1.165, 1.54) is 13.0 Å². The van der Waals surface area contributed by atoms with Crippen LogP contribution in [0, 0.1) is 5.82 Å². The number of anilines is 1. The standard InChI is InChI=1S/C9H12FNO3S/c1-6(12)5-15(13,14)9-3-2-7(11)4-8(9)10/h2-4,6,12H,5,11H2,1H3. The molecule has 0 radical (unpaired) electrons. The van der Waals surface area contributed by atoms with Gasteiger partial charge in [0, 0.05) is 5.69 Å². The van der Waals surface area contributed by atoms with E-state index >= 15 is 0 Å². The van der Waals surface area contributed by atoms with Gasteiger partial charge in [-0.15, -0.1) is 0 Å². The summed E-state index contributed by atoms with van der Waals surface area (Å²) in [6.45, 7) is 1.33. The van der Waals surface area contributed by atoms with Gasteiger partial charge >= 0.3 is 0 Å². The van der Waals surface area contributed by atoms with Crippen LogP contribution in [0.15, 0.2) is 23.1 Å². The molecular formula is C9H12FNO3S. The molecule has 0 amide bonds. The third-order valence-electron chi connectivity index (χ3n) is 1.75. The predicted molar refractivity (Wildman–Crippen MR) is 54.5 cm³/mol. The lowest BCUT2D eigenvalue weighted by Gasteiger charge is -2.07. The molecule has 0 spiro atoms. The SMILES string of the molecule is CC(O)CS(=O)(=O)c1ccc(N)cc1F. The first kappa shape index (κ1) is 11.9. The topological polar surface area (TPSA) is 80.4 Å². The fraction of sp³-hybridized carbons (Fsp3) is 0.333. The van der Waals surface area contributed by atoms with Gasteiger partial charge < -0.3 is 10.8 Å². The zero-order valence-electron chi connectivity index (χ0n) is 8.14. The molecule has 1 rings (SSSR count). The molecule has 0 aliphatic heterocycles. The first-order valence-electron chi connectivity index (χ1n) is 4.29. The minimum Gasteiger partial charge on any atom is -0.399 e. The zero-order valence-corrected chi connectivity index (χ0v) is 8.96. The van der Waals surface area contributed by atoms with Crippen LogP contribution in [0.25, 0.3) is 0 Å². The molecule has 0 bridgehead atoms. The van der Waals surface area contributed by atoms with E-state index in [0.29, 0.717) is 0 Å². The van der Waals surface area contributed by atoms with E-state index in [-0.39, 0.29) is 5.69 Å². The Hall–Kier alpha value is -1.14. The maximum atomic E-state index is 13.3. The Morgan fingerprint density at radius 1 is 1.53 bits per heavy atom. The van der Waals surface area contributed by atoms with Crippen molar-refractivity contribution < 1.29 is 17.9 Å². The molecule has 6 heteroatoms. The van der Waals surface area contributed by atoms with E-state index < -0.39 is 32.4 Å². The fourth-order valence-corrected chi connectivity index (χ4v) is 2.62. The fourth-order valence-electron chi connectivity index (χ4n) is 1.18. The summed E-state index contributed by atoms with van der Waals surface area (Å²) >= 11 is 0. The normalized spacial score (nSPS) is 13.8. The van der Waals surface area contributed by atoms with Crippen molar-refractivity contribution in [1.29, 1.82) is 0 Å². The van der Waals surface area contributed by atoms with Crippen molar-refractivity contribution >= 4 is 15.5 Å². The molecular weight excluding hydrogens is 221 g/mol. The summed E-state index contributed by atoms with van der Waals surface area (Å²) in [5, 5.41) is 8.97. The number of aliphatic hydroxyl groups excluding tert-OH is 1. The quantitative estimate of drug-likeness (QED) is 0.748. The van der Waals surface area contributed by atoms with Crippen molar-refractivity contribution in [2.75, 3.05) is 11.5 Å². The van der Waals surface area contributed by atoms with Crippen LogP contribution in [0.1, 0.15) is 6.92 Å². The molecule has 0 aliphatic rings. The number of nitrogen functional groups attached to an aromatic ring is 1. The van der Waals surface area contributed by atoms with Gasteiger partial charge in [0.2, 0.25) is 0 Å². The molecule has 0 aliphatic carbocycles. The van der Waals surface area contributed by atoms with Crippen molar-refractivity contribution in [2.45, 2.75) is 17.9 Å². The monoisotopic (exact) mass is 233 g/mol. The number of aliphatic hydroxyl groups is 1. The van der Waals surface area contributed by atoms with Crippen LogP contribution < -0.4 is 5.73 Å². The third kappa shape index (κ3) is 2.90. The second-order valence-electron chi connectivity index (χ2n) is 3.32. The number of hydrogen-bond donors (Lipinski definition) is 2. The lowest BCUT2D eigenvalue weighted by atomic mass is 10.3. The molecule has 84 valence electrons. The maximum absolute atomic E-state index is 13.3. The highest BCUT2D eigenvalue weighted by atomic mass is 32.2. The Labute approximate surface area is 87.5 Å². The van der Waals surface area contributed by atoms with Gasteiger partial charge in [-0.25, -0.2) is 12.8 Å². The van der Waals surface area contributed by atoms with Crippen LogP contribution in [-0.2, 0) is 9.84 Å². The molecule has 0 fully saturated rings. The number of nitrogens with two attached hydrogens (primary N) is 1. The highest BCUT2D eigenvalue weighted by Crippen LogP contribution is 2.18. The minimum atomic E-state index is -3.79. The van der Waals surface area contributed by atoms with Gasteiger partial charge in [-0.05, 0) is 25.1 Å².